The summed E-state index contributed by atoms with van der Waals surface area (Å²) >= 11 is 0. The van der Waals surface area contributed by atoms with E-state index in [9.17, 15) is 4.79 Å². The number of nitrogens with two attached hydrogens (primary N) is 1. The number of carbonyl (C=O) groups is 1. The molecule has 0 aliphatic rings. The number of hydrogen-bond acceptors (Lipinski definition) is 2. The van der Waals surface area contributed by atoms with Gasteiger partial charge in [0.1, 0.15) is 0 Å². The Morgan fingerprint density at radius 3 is 2.21 bits per heavy atom. The molecule has 1 heterocycles. The van der Waals surface area contributed by atoms with Crippen molar-refractivity contribution < 1.29 is 4.79 Å². The van der Waals surface area contributed by atoms with Crippen LogP contribution in [0.5, 0.6) is 0 Å². The van der Waals surface area contributed by atoms with Crippen LogP contribution in [0.4, 0.5) is 0 Å². The van der Waals surface area contributed by atoms with E-state index >= 15 is 0 Å². The third-order valence-electron chi connectivity index (χ3n) is 3.29. The van der Waals surface area contributed by atoms with E-state index in [-0.39, 0.29) is 5.91 Å². The van der Waals surface area contributed by atoms with Gasteiger partial charge in [-0.15, -0.1) is 0 Å². The van der Waals surface area contributed by atoms with Gasteiger partial charge in [0.15, 0.2) is 0 Å². The van der Waals surface area contributed by atoms with E-state index in [4.69, 9.17) is 10.7 Å². The number of nitrogens with zero attached hydrogens (tertiary/aromatic N) is 1. The molecular formula is C16H20N2O. The van der Waals surface area contributed by atoms with Gasteiger partial charge in [0.05, 0.1) is 11.3 Å². The summed E-state index contributed by atoms with van der Waals surface area (Å²) in [6.07, 6.45) is 3.71. The number of pyridine rings is 1. The molecule has 100 valence electrons. The van der Waals surface area contributed by atoms with Gasteiger partial charge in [-0.25, -0.2) is 0 Å². The zero-order valence-corrected chi connectivity index (χ0v) is 11.6. The molecule has 0 aliphatic heterocycles. The molecule has 2 aromatic rings. The van der Waals surface area contributed by atoms with Crippen molar-refractivity contribution in [3.05, 3.63) is 41.2 Å². The van der Waals surface area contributed by atoms with Crippen molar-refractivity contribution in [2.45, 2.75) is 39.5 Å². The van der Waals surface area contributed by atoms with Crippen LogP contribution in [0.2, 0.25) is 0 Å². The molecule has 0 atom stereocenters. The van der Waals surface area contributed by atoms with Crippen LogP contribution in [-0.2, 0) is 12.8 Å². The van der Waals surface area contributed by atoms with Crippen molar-refractivity contribution in [2.24, 2.45) is 5.73 Å². The fraction of sp³-hybridized carbons (Fsp3) is 0.375. The topological polar surface area (TPSA) is 56.0 Å². The monoisotopic (exact) mass is 256 g/mol. The van der Waals surface area contributed by atoms with Crippen LogP contribution in [-0.4, -0.2) is 10.9 Å². The smallest absolute Gasteiger partial charge is 0.251 e. The zero-order valence-electron chi connectivity index (χ0n) is 11.6. The van der Waals surface area contributed by atoms with E-state index in [0.717, 1.165) is 47.8 Å². The summed E-state index contributed by atoms with van der Waals surface area (Å²) in [5.74, 6) is -0.379. The number of aromatic nitrogens is 1. The summed E-state index contributed by atoms with van der Waals surface area (Å²) in [7, 11) is 0. The summed E-state index contributed by atoms with van der Waals surface area (Å²) in [5, 5.41) is 2.00. The molecule has 0 bridgehead atoms. The number of amides is 1. The summed E-state index contributed by atoms with van der Waals surface area (Å²) < 4.78 is 0. The van der Waals surface area contributed by atoms with Crippen LogP contribution in [0.15, 0.2) is 24.3 Å². The summed E-state index contributed by atoms with van der Waals surface area (Å²) in [6, 6.07) is 7.92. The second-order valence-electron chi connectivity index (χ2n) is 4.79. The Morgan fingerprint density at radius 2 is 1.63 bits per heavy atom. The molecule has 0 fully saturated rings. The summed E-state index contributed by atoms with van der Waals surface area (Å²) in [4.78, 5) is 16.5. The Kier molecular flexibility index (Phi) is 4.15. The number of rotatable bonds is 5. The molecule has 19 heavy (non-hydrogen) atoms. The first-order chi connectivity index (χ1) is 9.19. The predicted molar refractivity (Wildman–Crippen MR) is 78.3 cm³/mol. The lowest BCUT2D eigenvalue weighted by atomic mass is 9.98. The van der Waals surface area contributed by atoms with Crippen molar-refractivity contribution in [2.75, 3.05) is 0 Å². The Bertz CT molecular complexity index is 605. The molecule has 1 aromatic carbocycles. The first-order valence-corrected chi connectivity index (χ1v) is 6.89. The Morgan fingerprint density at radius 1 is 1.05 bits per heavy atom. The Hall–Kier alpha value is -1.90. The molecule has 1 aromatic heterocycles. The highest BCUT2D eigenvalue weighted by atomic mass is 16.1. The van der Waals surface area contributed by atoms with E-state index in [2.05, 4.69) is 13.8 Å². The van der Waals surface area contributed by atoms with Gasteiger partial charge in [-0.2, -0.15) is 0 Å². The number of carbonyl (C=O) groups excluding carboxylic acids is 1. The number of benzene rings is 1. The maximum Gasteiger partial charge on any atom is 0.251 e. The van der Waals surface area contributed by atoms with E-state index in [1.165, 1.54) is 0 Å². The SMILES string of the molecule is CCCc1nc(CCC)c2ccccc2c1C(N)=O. The fourth-order valence-electron chi connectivity index (χ4n) is 2.51. The first kappa shape index (κ1) is 13.5. The summed E-state index contributed by atoms with van der Waals surface area (Å²) in [5.41, 5.74) is 8.07. The quantitative estimate of drug-likeness (QED) is 0.892. The molecule has 0 unspecified atom stereocenters. The third kappa shape index (κ3) is 2.60. The molecule has 0 saturated carbocycles. The van der Waals surface area contributed by atoms with Crippen LogP contribution in [0.25, 0.3) is 10.8 Å². The minimum absolute atomic E-state index is 0.379. The third-order valence-corrected chi connectivity index (χ3v) is 3.29. The van der Waals surface area contributed by atoms with Gasteiger partial charge in [-0.3, -0.25) is 9.78 Å². The molecule has 0 aliphatic carbocycles. The van der Waals surface area contributed by atoms with Crippen molar-refractivity contribution in [3.8, 4) is 0 Å². The van der Waals surface area contributed by atoms with Gasteiger partial charge in [0, 0.05) is 11.1 Å². The van der Waals surface area contributed by atoms with Gasteiger partial charge >= 0.3 is 0 Å². The minimum Gasteiger partial charge on any atom is -0.366 e. The second-order valence-corrected chi connectivity index (χ2v) is 4.79. The molecule has 1 amide bonds. The van der Waals surface area contributed by atoms with Crippen molar-refractivity contribution in [1.29, 1.82) is 0 Å². The van der Waals surface area contributed by atoms with Crippen LogP contribution in [0.1, 0.15) is 48.4 Å². The van der Waals surface area contributed by atoms with Gasteiger partial charge in [0.25, 0.3) is 5.91 Å². The maximum atomic E-state index is 11.8. The normalized spacial score (nSPS) is 10.8. The molecule has 0 spiro atoms. The Labute approximate surface area is 113 Å². The minimum atomic E-state index is -0.379. The second kappa shape index (κ2) is 5.83. The highest BCUT2D eigenvalue weighted by Gasteiger charge is 2.16. The van der Waals surface area contributed by atoms with Gasteiger partial charge in [-0.05, 0) is 18.2 Å². The maximum absolute atomic E-state index is 11.8. The van der Waals surface area contributed by atoms with Crippen molar-refractivity contribution >= 4 is 16.7 Å². The van der Waals surface area contributed by atoms with E-state index in [1.807, 2.05) is 24.3 Å². The van der Waals surface area contributed by atoms with Crippen LogP contribution < -0.4 is 5.73 Å². The zero-order chi connectivity index (χ0) is 13.8. The van der Waals surface area contributed by atoms with Gasteiger partial charge < -0.3 is 5.73 Å². The van der Waals surface area contributed by atoms with Crippen LogP contribution >= 0.6 is 0 Å². The number of aryl methyl sites for hydroxylation is 2. The highest BCUT2D eigenvalue weighted by Crippen LogP contribution is 2.25. The number of hydrogen-bond donors (Lipinski definition) is 1. The molecule has 0 radical (unpaired) electrons. The Balaban J connectivity index is 2.77. The van der Waals surface area contributed by atoms with Crippen molar-refractivity contribution in [3.63, 3.8) is 0 Å². The molecule has 3 heteroatoms. The largest absolute Gasteiger partial charge is 0.366 e. The first-order valence-electron chi connectivity index (χ1n) is 6.89. The average molecular weight is 256 g/mol. The van der Waals surface area contributed by atoms with Gasteiger partial charge in [-0.1, -0.05) is 51.0 Å². The highest BCUT2D eigenvalue weighted by molar-refractivity contribution is 6.07. The van der Waals surface area contributed by atoms with E-state index in [0.29, 0.717) is 5.56 Å². The molecule has 2 N–H and O–H groups in total. The molecule has 0 saturated heterocycles. The van der Waals surface area contributed by atoms with Crippen molar-refractivity contribution in [1.82, 2.24) is 4.98 Å². The number of fused-ring (bicyclic) bond motifs is 1. The van der Waals surface area contributed by atoms with E-state index in [1.54, 1.807) is 0 Å². The lowest BCUT2D eigenvalue weighted by Gasteiger charge is -2.13. The lowest BCUT2D eigenvalue weighted by Crippen LogP contribution is -2.16. The average Bonchev–Trinajstić information content (AvgIpc) is 2.39. The van der Waals surface area contributed by atoms with Crippen LogP contribution in [0, 0.1) is 0 Å². The molecule has 3 nitrogen and oxygen atoms in total. The molecule has 2 rings (SSSR count). The standard InChI is InChI=1S/C16H20N2O/c1-3-7-13-11-9-5-6-10-12(11)15(16(17)19)14(18-13)8-4-2/h5-6,9-10H,3-4,7-8H2,1-2H3,(H2,17,19). The predicted octanol–water partition coefficient (Wildman–Crippen LogP) is 3.24. The van der Waals surface area contributed by atoms with E-state index < -0.39 is 0 Å². The number of primary amides is 1. The lowest BCUT2D eigenvalue weighted by molar-refractivity contribution is 0.100. The van der Waals surface area contributed by atoms with Gasteiger partial charge in [0.2, 0.25) is 0 Å². The molecular weight excluding hydrogens is 236 g/mol. The van der Waals surface area contributed by atoms with Crippen LogP contribution in [0.3, 0.4) is 0 Å². The fourth-order valence-corrected chi connectivity index (χ4v) is 2.51. The summed E-state index contributed by atoms with van der Waals surface area (Å²) in [6.45, 7) is 4.22.